The predicted molar refractivity (Wildman–Crippen MR) is 71.1 cm³/mol. The van der Waals surface area contributed by atoms with Crippen molar-refractivity contribution in [3.8, 4) is 12.3 Å². The van der Waals surface area contributed by atoms with Crippen LogP contribution in [0.25, 0.3) is 0 Å². The van der Waals surface area contributed by atoms with E-state index in [-0.39, 0.29) is 6.61 Å². The van der Waals surface area contributed by atoms with E-state index < -0.39 is 0 Å². The maximum Gasteiger partial charge on any atom is 0.177 e. The van der Waals surface area contributed by atoms with Crippen molar-refractivity contribution in [2.45, 2.75) is 0 Å². The van der Waals surface area contributed by atoms with Gasteiger partial charge in [-0.1, -0.05) is 47.5 Å². The summed E-state index contributed by atoms with van der Waals surface area (Å²) in [6.07, 6.45) is 6.85. The van der Waals surface area contributed by atoms with Crippen molar-refractivity contribution in [2.75, 3.05) is 6.61 Å². The van der Waals surface area contributed by atoms with E-state index in [0.29, 0.717) is 5.71 Å². The molecule has 0 fully saturated rings. The van der Waals surface area contributed by atoms with Crippen molar-refractivity contribution in [2.24, 2.45) is 5.16 Å². The molecule has 18 heavy (non-hydrogen) atoms. The summed E-state index contributed by atoms with van der Waals surface area (Å²) in [6.45, 7) is 0.142. The van der Waals surface area contributed by atoms with Gasteiger partial charge in [0.25, 0.3) is 0 Å². The number of terminal acetylenes is 1. The Morgan fingerprint density at radius 3 is 2.61 bits per heavy atom. The molecular formula is C15H12N2O. The Balaban J connectivity index is 2.36. The first kappa shape index (κ1) is 11.9. The van der Waals surface area contributed by atoms with Crippen LogP contribution < -0.4 is 0 Å². The summed E-state index contributed by atoms with van der Waals surface area (Å²) in [7, 11) is 0. The molecule has 0 N–H and O–H groups in total. The molecule has 0 spiro atoms. The fraction of sp³-hybridized carbons (Fsp3) is 0.0667. The zero-order valence-corrected chi connectivity index (χ0v) is 9.78. The molecule has 0 amide bonds. The molecule has 0 atom stereocenters. The molecule has 2 rings (SSSR count). The fourth-order valence-electron chi connectivity index (χ4n) is 1.48. The minimum Gasteiger partial charge on any atom is -0.382 e. The lowest BCUT2D eigenvalue weighted by Gasteiger charge is -2.05. The largest absolute Gasteiger partial charge is 0.382 e. The van der Waals surface area contributed by atoms with Crippen LogP contribution >= 0.6 is 0 Å². The highest BCUT2D eigenvalue weighted by Gasteiger charge is 2.08. The molecule has 3 nitrogen and oxygen atoms in total. The molecule has 0 aliphatic heterocycles. The van der Waals surface area contributed by atoms with Gasteiger partial charge in [0.2, 0.25) is 0 Å². The van der Waals surface area contributed by atoms with Crippen LogP contribution in [0, 0.1) is 12.3 Å². The van der Waals surface area contributed by atoms with Gasteiger partial charge in [0.1, 0.15) is 5.71 Å². The van der Waals surface area contributed by atoms with Crippen LogP contribution in [0.1, 0.15) is 11.3 Å². The number of rotatable bonds is 4. The van der Waals surface area contributed by atoms with Gasteiger partial charge < -0.3 is 4.84 Å². The predicted octanol–water partition coefficient (Wildman–Crippen LogP) is 2.48. The SMILES string of the molecule is C#CCO/N=C(\c1ccccc1)c1ccccn1. The Hall–Kier alpha value is -2.60. The Labute approximate surface area is 106 Å². The summed E-state index contributed by atoms with van der Waals surface area (Å²) in [5, 5.41) is 4.07. The molecule has 2 aromatic rings. The Kier molecular flexibility index (Phi) is 4.10. The lowest BCUT2D eigenvalue weighted by molar-refractivity contribution is 0.180. The lowest BCUT2D eigenvalue weighted by atomic mass is 10.1. The molecule has 1 aromatic heterocycles. The van der Waals surface area contributed by atoms with E-state index in [1.54, 1.807) is 6.20 Å². The van der Waals surface area contributed by atoms with Crippen LogP contribution in [0.2, 0.25) is 0 Å². The molecule has 0 unspecified atom stereocenters. The Morgan fingerprint density at radius 1 is 1.17 bits per heavy atom. The maximum atomic E-state index is 5.13. The molecule has 3 heteroatoms. The minimum atomic E-state index is 0.142. The lowest BCUT2D eigenvalue weighted by Crippen LogP contribution is -2.06. The Morgan fingerprint density at radius 2 is 1.94 bits per heavy atom. The maximum absolute atomic E-state index is 5.13. The summed E-state index contributed by atoms with van der Waals surface area (Å²) in [5.74, 6) is 2.38. The third kappa shape index (κ3) is 2.96. The van der Waals surface area contributed by atoms with Gasteiger partial charge in [0.05, 0.1) is 5.69 Å². The van der Waals surface area contributed by atoms with E-state index in [1.165, 1.54) is 0 Å². The number of pyridine rings is 1. The smallest absolute Gasteiger partial charge is 0.177 e. The summed E-state index contributed by atoms with van der Waals surface area (Å²) in [5.41, 5.74) is 2.36. The van der Waals surface area contributed by atoms with E-state index in [4.69, 9.17) is 11.3 Å². The number of hydrogen-bond donors (Lipinski definition) is 0. The molecule has 0 saturated heterocycles. The number of aromatic nitrogens is 1. The van der Waals surface area contributed by atoms with Gasteiger partial charge >= 0.3 is 0 Å². The van der Waals surface area contributed by atoms with Crippen molar-refractivity contribution in [3.63, 3.8) is 0 Å². The number of hydrogen-bond acceptors (Lipinski definition) is 3. The molecule has 88 valence electrons. The zero-order valence-electron chi connectivity index (χ0n) is 9.78. The topological polar surface area (TPSA) is 34.5 Å². The van der Waals surface area contributed by atoms with Crippen LogP contribution in [0.3, 0.4) is 0 Å². The first-order chi connectivity index (χ1) is 8.92. The summed E-state index contributed by atoms with van der Waals surface area (Å²) < 4.78 is 0. The van der Waals surface area contributed by atoms with E-state index in [2.05, 4.69) is 16.1 Å². The van der Waals surface area contributed by atoms with E-state index in [9.17, 15) is 0 Å². The summed E-state index contributed by atoms with van der Waals surface area (Å²) in [4.78, 5) is 9.34. The van der Waals surface area contributed by atoms with Crippen molar-refractivity contribution < 1.29 is 4.84 Å². The highest BCUT2D eigenvalue weighted by Crippen LogP contribution is 2.08. The van der Waals surface area contributed by atoms with Crippen LogP contribution in [-0.4, -0.2) is 17.3 Å². The number of benzene rings is 1. The zero-order chi connectivity index (χ0) is 12.6. The molecule has 0 aliphatic rings. The quantitative estimate of drug-likeness (QED) is 0.354. The van der Waals surface area contributed by atoms with Gasteiger partial charge in [-0.2, -0.15) is 0 Å². The molecule has 1 aromatic carbocycles. The van der Waals surface area contributed by atoms with Crippen LogP contribution in [0.5, 0.6) is 0 Å². The van der Waals surface area contributed by atoms with Crippen molar-refractivity contribution in [3.05, 3.63) is 66.0 Å². The van der Waals surface area contributed by atoms with Gasteiger partial charge in [0.15, 0.2) is 6.61 Å². The molecule has 0 aliphatic carbocycles. The molecule has 0 saturated carbocycles. The summed E-state index contributed by atoms with van der Waals surface area (Å²) in [6, 6.07) is 15.4. The second-order valence-corrected chi connectivity index (χ2v) is 3.50. The van der Waals surface area contributed by atoms with Crippen LogP contribution in [0.4, 0.5) is 0 Å². The monoisotopic (exact) mass is 236 g/mol. The van der Waals surface area contributed by atoms with Crippen LogP contribution in [0.15, 0.2) is 59.9 Å². The van der Waals surface area contributed by atoms with Gasteiger partial charge in [0, 0.05) is 11.8 Å². The van der Waals surface area contributed by atoms with Gasteiger partial charge in [-0.25, -0.2) is 0 Å². The summed E-state index contributed by atoms with van der Waals surface area (Å²) >= 11 is 0. The third-order valence-corrected chi connectivity index (χ3v) is 2.26. The van der Waals surface area contributed by atoms with Gasteiger partial charge in [-0.15, -0.1) is 6.42 Å². The molecular weight excluding hydrogens is 224 g/mol. The first-order valence-electron chi connectivity index (χ1n) is 5.52. The van der Waals surface area contributed by atoms with Gasteiger partial charge in [-0.05, 0) is 12.1 Å². The normalized spacial score (nSPS) is 10.7. The number of nitrogens with zero attached hydrogens (tertiary/aromatic N) is 2. The van der Waals surface area contributed by atoms with E-state index >= 15 is 0 Å². The van der Waals surface area contributed by atoms with Gasteiger partial charge in [-0.3, -0.25) is 4.98 Å². The van der Waals surface area contributed by atoms with E-state index in [0.717, 1.165) is 11.3 Å². The van der Waals surface area contributed by atoms with E-state index in [1.807, 2.05) is 48.5 Å². The second-order valence-electron chi connectivity index (χ2n) is 3.50. The molecule has 1 heterocycles. The molecule has 0 bridgehead atoms. The fourth-order valence-corrected chi connectivity index (χ4v) is 1.48. The average Bonchev–Trinajstić information content (AvgIpc) is 2.46. The standard InChI is InChI=1S/C15H12N2O/c1-2-12-18-17-15(13-8-4-3-5-9-13)14-10-6-7-11-16-14/h1,3-11H,12H2/b17-15+. The molecule has 0 radical (unpaired) electrons. The second kappa shape index (κ2) is 6.21. The Bertz CT molecular complexity index is 515. The van der Waals surface area contributed by atoms with Crippen molar-refractivity contribution >= 4 is 5.71 Å². The highest BCUT2D eigenvalue weighted by molar-refractivity contribution is 6.11. The minimum absolute atomic E-state index is 0.142. The highest BCUT2D eigenvalue weighted by atomic mass is 16.6. The van der Waals surface area contributed by atoms with Crippen molar-refractivity contribution in [1.82, 2.24) is 4.98 Å². The number of oxime groups is 1. The van der Waals surface area contributed by atoms with Crippen molar-refractivity contribution in [1.29, 1.82) is 0 Å². The average molecular weight is 236 g/mol. The third-order valence-electron chi connectivity index (χ3n) is 2.26. The van der Waals surface area contributed by atoms with Crippen LogP contribution in [-0.2, 0) is 4.84 Å². The first-order valence-corrected chi connectivity index (χ1v) is 5.52.